The lowest BCUT2D eigenvalue weighted by Crippen LogP contribution is -2.43. The van der Waals surface area contributed by atoms with E-state index in [2.05, 4.69) is 27.1 Å². The highest BCUT2D eigenvalue weighted by Crippen LogP contribution is 2.51. The molecule has 0 bridgehead atoms. The number of thioether (sulfide) groups is 1. The molecule has 32 heavy (non-hydrogen) atoms. The molecular weight excluding hydrogens is 427 g/mol. The number of anilines is 1. The summed E-state index contributed by atoms with van der Waals surface area (Å²) < 4.78 is 14.5. The number of fused-ring (bicyclic) bond motifs is 1. The SMILES string of the molecule is C=CCN1C[C@@H]2CN=C(NC(=O)c3ccccc3)S[C@@]2(c2cc(NC(C)=O)ccc2F)C1. The minimum Gasteiger partial charge on any atom is -0.326 e. The van der Waals surface area contributed by atoms with Crippen LogP contribution in [0.2, 0.25) is 0 Å². The summed E-state index contributed by atoms with van der Waals surface area (Å²) in [5.74, 6) is -0.761. The topological polar surface area (TPSA) is 73.8 Å². The number of carbonyl (C=O) groups excluding carboxylic acids is 2. The fourth-order valence-electron chi connectivity index (χ4n) is 4.34. The van der Waals surface area contributed by atoms with Crippen molar-refractivity contribution in [2.24, 2.45) is 10.9 Å². The monoisotopic (exact) mass is 452 g/mol. The molecule has 2 amide bonds. The molecule has 2 aromatic rings. The van der Waals surface area contributed by atoms with E-state index in [1.54, 1.807) is 36.4 Å². The molecule has 6 nitrogen and oxygen atoms in total. The zero-order valence-electron chi connectivity index (χ0n) is 17.8. The van der Waals surface area contributed by atoms with Crippen LogP contribution in [0.1, 0.15) is 22.8 Å². The third kappa shape index (κ3) is 4.47. The maximum absolute atomic E-state index is 15.2. The highest BCUT2D eigenvalue weighted by atomic mass is 32.2. The van der Waals surface area contributed by atoms with Crippen molar-refractivity contribution in [1.29, 1.82) is 0 Å². The number of halogens is 1. The Kier molecular flexibility index (Phi) is 6.43. The van der Waals surface area contributed by atoms with Crippen LogP contribution in [-0.4, -0.2) is 48.1 Å². The van der Waals surface area contributed by atoms with Gasteiger partial charge in [-0.05, 0) is 30.3 Å². The van der Waals surface area contributed by atoms with Crippen LogP contribution in [-0.2, 0) is 9.54 Å². The van der Waals surface area contributed by atoms with E-state index in [9.17, 15) is 9.59 Å². The Hall–Kier alpha value is -2.97. The number of amides is 2. The van der Waals surface area contributed by atoms with Gasteiger partial charge in [0.25, 0.3) is 5.91 Å². The van der Waals surface area contributed by atoms with Crippen LogP contribution < -0.4 is 10.6 Å². The number of hydrogen-bond donors (Lipinski definition) is 2. The molecule has 2 heterocycles. The third-order valence-electron chi connectivity index (χ3n) is 5.72. The molecule has 4 rings (SSSR count). The molecule has 2 N–H and O–H groups in total. The second kappa shape index (κ2) is 9.26. The van der Waals surface area contributed by atoms with Gasteiger partial charge in [-0.1, -0.05) is 36.0 Å². The molecule has 0 aromatic heterocycles. The molecule has 0 aliphatic carbocycles. The maximum Gasteiger partial charge on any atom is 0.257 e. The summed E-state index contributed by atoms with van der Waals surface area (Å²) >= 11 is 1.39. The van der Waals surface area contributed by atoms with E-state index in [-0.39, 0.29) is 23.5 Å². The lowest BCUT2D eigenvalue weighted by molar-refractivity contribution is -0.114. The lowest BCUT2D eigenvalue weighted by Gasteiger charge is -2.37. The van der Waals surface area contributed by atoms with Gasteiger partial charge in [0.15, 0.2) is 5.17 Å². The smallest absolute Gasteiger partial charge is 0.257 e. The summed E-state index contributed by atoms with van der Waals surface area (Å²) in [6.07, 6.45) is 1.83. The average Bonchev–Trinajstić information content (AvgIpc) is 3.14. The fourth-order valence-corrected chi connectivity index (χ4v) is 5.80. The minimum atomic E-state index is -0.650. The van der Waals surface area contributed by atoms with E-state index in [1.165, 1.54) is 24.8 Å². The zero-order chi connectivity index (χ0) is 22.7. The predicted octanol–water partition coefficient (Wildman–Crippen LogP) is 3.63. The van der Waals surface area contributed by atoms with Crippen molar-refractivity contribution < 1.29 is 14.0 Å². The van der Waals surface area contributed by atoms with E-state index in [0.717, 1.165) is 6.54 Å². The Morgan fingerprint density at radius 2 is 2.06 bits per heavy atom. The second-order valence-corrected chi connectivity index (χ2v) is 9.33. The van der Waals surface area contributed by atoms with Crippen molar-refractivity contribution in [2.45, 2.75) is 11.7 Å². The number of amidine groups is 1. The molecule has 0 radical (unpaired) electrons. The second-order valence-electron chi connectivity index (χ2n) is 8.01. The molecule has 2 atom stereocenters. The Morgan fingerprint density at radius 3 is 2.78 bits per heavy atom. The van der Waals surface area contributed by atoms with E-state index in [1.807, 2.05) is 12.1 Å². The first-order valence-corrected chi connectivity index (χ1v) is 11.2. The van der Waals surface area contributed by atoms with Crippen molar-refractivity contribution in [3.63, 3.8) is 0 Å². The molecule has 1 fully saturated rings. The fraction of sp³-hybridized carbons (Fsp3) is 0.292. The number of nitrogens with zero attached hydrogens (tertiary/aromatic N) is 2. The van der Waals surface area contributed by atoms with Gasteiger partial charge < -0.3 is 10.6 Å². The first kappa shape index (κ1) is 22.2. The summed E-state index contributed by atoms with van der Waals surface area (Å²) in [6, 6.07) is 13.6. The molecule has 2 aromatic carbocycles. The van der Waals surface area contributed by atoms with Gasteiger partial charge in [-0.25, -0.2) is 4.39 Å². The van der Waals surface area contributed by atoms with Crippen LogP contribution in [0.25, 0.3) is 0 Å². The van der Waals surface area contributed by atoms with Crippen LogP contribution in [0.3, 0.4) is 0 Å². The molecule has 1 saturated heterocycles. The molecule has 0 saturated carbocycles. The van der Waals surface area contributed by atoms with Crippen LogP contribution in [0, 0.1) is 11.7 Å². The van der Waals surface area contributed by atoms with Gasteiger partial charge >= 0.3 is 0 Å². The van der Waals surface area contributed by atoms with E-state index in [0.29, 0.717) is 41.6 Å². The molecule has 0 spiro atoms. The lowest BCUT2D eigenvalue weighted by atomic mass is 9.87. The number of likely N-dealkylation sites (tertiary alicyclic amines) is 1. The van der Waals surface area contributed by atoms with Crippen molar-refractivity contribution in [3.05, 3.63) is 78.1 Å². The van der Waals surface area contributed by atoms with Gasteiger partial charge in [0.05, 0.1) is 4.75 Å². The summed E-state index contributed by atoms with van der Waals surface area (Å²) in [5.41, 5.74) is 1.58. The Labute approximate surface area is 191 Å². The quantitative estimate of drug-likeness (QED) is 0.680. The first-order valence-electron chi connectivity index (χ1n) is 10.4. The Morgan fingerprint density at radius 1 is 1.28 bits per heavy atom. The summed E-state index contributed by atoms with van der Waals surface area (Å²) in [4.78, 5) is 31.1. The van der Waals surface area contributed by atoms with E-state index >= 15 is 4.39 Å². The highest BCUT2D eigenvalue weighted by molar-refractivity contribution is 8.14. The van der Waals surface area contributed by atoms with E-state index < -0.39 is 4.75 Å². The van der Waals surface area contributed by atoms with Crippen LogP contribution in [0.5, 0.6) is 0 Å². The number of rotatable bonds is 5. The van der Waals surface area contributed by atoms with Crippen molar-refractivity contribution in [3.8, 4) is 0 Å². The average molecular weight is 453 g/mol. The molecule has 8 heteroatoms. The van der Waals surface area contributed by atoms with Crippen LogP contribution >= 0.6 is 11.8 Å². The van der Waals surface area contributed by atoms with Gasteiger partial charge in [-0.2, -0.15) is 0 Å². The van der Waals surface area contributed by atoms with Gasteiger partial charge in [0.1, 0.15) is 5.82 Å². The Balaban J connectivity index is 1.68. The normalized spacial score (nSPS) is 22.6. The van der Waals surface area contributed by atoms with E-state index in [4.69, 9.17) is 0 Å². The predicted molar refractivity (Wildman–Crippen MR) is 126 cm³/mol. The maximum atomic E-state index is 15.2. The first-order chi connectivity index (χ1) is 15.4. The van der Waals surface area contributed by atoms with Crippen molar-refractivity contribution in [1.82, 2.24) is 10.2 Å². The summed E-state index contributed by atoms with van der Waals surface area (Å²) in [6.45, 7) is 7.72. The summed E-state index contributed by atoms with van der Waals surface area (Å²) in [7, 11) is 0. The van der Waals surface area contributed by atoms with Crippen molar-refractivity contribution >= 4 is 34.4 Å². The molecule has 0 unspecified atom stereocenters. The van der Waals surface area contributed by atoms with Crippen LogP contribution in [0.15, 0.2) is 66.2 Å². The number of nitrogens with one attached hydrogen (secondary N) is 2. The largest absolute Gasteiger partial charge is 0.326 e. The number of hydrogen-bond acceptors (Lipinski definition) is 5. The van der Waals surface area contributed by atoms with Crippen LogP contribution in [0.4, 0.5) is 10.1 Å². The molecule has 166 valence electrons. The van der Waals surface area contributed by atoms with Crippen molar-refractivity contribution in [2.75, 3.05) is 31.5 Å². The molecule has 2 aliphatic heterocycles. The van der Waals surface area contributed by atoms with Gasteiger partial charge in [0.2, 0.25) is 5.91 Å². The van der Waals surface area contributed by atoms with Gasteiger partial charge in [0, 0.05) is 55.8 Å². The number of carbonyl (C=O) groups is 2. The number of benzene rings is 2. The zero-order valence-corrected chi connectivity index (χ0v) is 18.6. The van der Waals surface area contributed by atoms with Gasteiger partial charge in [-0.15, -0.1) is 6.58 Å². The number of aliphatic imine (C=N–C) groups is 1. The molecular formula is C24H25FN4O2S. The molecule has 2 aliphatic rings. The summed E-state index contributed by atoms with van der Waals surface area (Å²) in [5, 5.41) is 6.12. The standard InChI is InChI=1S/C24H25FN4O2S/c1-3-11-29-14-18-13-26-23(28-22(31)17-7-5-4-6-8-17)32-24(18,15-29)20-12-19(27-16(2)30)9-10-21(20)25/h3-10,12,18H,1,11,13-15H2,2H3,(H,27,30)(H,26,28,31)/t18-,24-/m0/s1. The van der Waals surface area contributed by atoms with Gasteiger partial charge in [-0.3, -0.25) is 19.5 Å². The Bertz CT molecular complexity index is 1070. The third-order valence-corrected chi connectivity index (χ3v) is 7.19. The highest BCUT2D eigenvalue weighted by Gasteiger charge is 2.52. The minimum absolute atomic E-state index is 0.0481.